The fourth-order valence-corrected chi connectivity index (χ4v) is 3.93. The Morgan fingerprint density at radius 3 is 1.80 bits per heavy atom. The maximum atomic E-state index is 2.50. The highest BCUT2D eigenvalue weighted by atomic mass is 14.4. The summed E-state index contributed by atoms with van der Waals surface area (Å²) in [4.78, 5) is 0. The van der Waals surface area contributed by atoms with E-state index >= 15 is 0 Å². The molecule has 2 unspecified atom stereocenters. The molecule has 0 saturated carbocycles. The second kappa shape index (κ2) is 10.7. The van der Waals surface area contributed by atoms with Crippen molar-refractivity contribution >= 4 is 0 Å². The predicted molar refractivity (Wildman–Crippen MR) is 94.2 cm³/mol. The van der Waals surface area contributed by atoms with Crippen molar-refractivity contribution in [2.75, 3.05) is 0 Å². The van der Waals surface area contributed by atoms with Crippen molar-refractivity contribution in [2.45, 2.75) is 106 Å². The zero-order valence-electron chi connectivity index (χ0n) is 15.6. The molecule has 2 atom stereocenters. The molecule has 0 aromatic heterocycles. The largest absolute Gasteiger partial charge is 0.0654 e. The summed E-state index contributed by atoms with van der Waals surface area (Å²) in [6, 6.07) is 0. The van der Waals surface area contributed by atoms with Crippen LogP contribution < -0.4 is 0 Å². The zero-order valence-corrected chi connectivity index (χ0v) is 15.6. The summed E-state index contributed by atoms with van der Waals surface area (Å²) in [7, 11) is 0. The van der Waals surface area contributed by atoms with Gasteiger partial charge >= 0.3 is 0 Å². The monoisotopic (exact) mass is 282 g/mol. The van der Waals surface area contributed by atoms with E-state index in [1.54, 1.807) is 0 Å². The molecule has 0 saturated heterocycles. The van der Waals surface area contributed by atoms with Crippen LogP contribution in [0.25, 0.3) is 0 Å². The lowest BCUT2D eigenvalue weighted by Crippen LogP contribution is -2.31. The van der Waals surface area contributed by atoms with Gasteiger partial charge in [-0.1, -0.05) is 87.0 Å². The SMILES string of the molecule is CCCCCC(C)CC(CCCC)(CC(C)C)C(C)C. The van der Waals surface area contributed by atoms with E-state index in [0.717, 1.165) is 17.8 Å². The van der Waals surface area contributed by atoms with Crippen LogP contribution >= 0.6 is 0 Å². The molecule has 122 valence electrons. The van der Waals surface area contributed by atoms with Gasteiger partial charge in [0.2, 0.25) is 0 Å². The number of rotatable bonds is 12. The highest BCUT2D eigenvalue weighted by molar-refractivity contribution is 4.85. The van der Waals surface area contributed by atoms with Gasteiger partial charge < -0.3 is 0 Å². The van der Waals surface area contributed by atoms with E-state index in [9.17, 15) is 0 Å². The van der Waals surface area contributed by atoms with Gasteiger partial charge in [-0.05, 0) is 42.4 Å². The molecule has 0 heteroatoms. The van der Waals surface area contributed by atoms with Crippen LogP contribution in [-0.2, 0) is 0 Å². The van der Waals surface area contributed by atoms with Crippen molar-refractivity contribution in [3.05, 3.63) is 0 Å². The summed E-state index contributed by atoms with van der Waals surface area (Å²) < 4.78 is 0. The first-order valence-corrected chi connectivity index (χ1v) is 9.38. The van der Waals surface area contributed by atoms with Gasteiger partial charge in [0, 0.05) is 0 Å². The summed E-state index contributed by atoms with van der Waals surface area (Å²) >= 11 is 0. The predicted octanol–water partition coefficient (Wildman–Crippen LogP) is 7.47. The summed E-state index contributed by atoms with van der Waals surface area (Å²) in [5.74, 6) is 2.56. The summed E-state index contributed by atoms with van der Waals surface area (Å²) in [5.41, 5.74) is 0.593. The van der Waals surface area contributed by atoms with E-state index in [4.69, 9.17) is 0 Å². The molecule has 0 bridgehead atoms. The van der Waals surface area contributed by atoms with Crippen molar-refractivity contribution in [3.8, 4) is 0 Å². The van der Waals surface area contributed by atoms with E-state index in [1.165, 1.54) is 57.8 Å². The van der Waals surface area contributed by atoms with Gasteiger partial charge in [-0.25, -0.2) is 0 Å². The Morgan fingerprint density at radius 1 is 0.750 bits per heavy atom. The molecule has 0 amide bonds. The molecule has 20 heavy (non-hydrogen) atoms. The molecular weight excluding hydrogens is 240 g/mol. The normalized spacial score (nSPS) is 16.6. The van der Waals surface area contributed by atoms with Crippen LogP contribution in [0.4, 0.5) is 0 Å². The molecule has 0 nitrogen and oxygen atoms in total. The minimum absolute atomic E-state index is 0.593. The summed E-state index contributed by atoms with van der Waals surface area (Å²) in [5, 5.41) is 0. The van der Waals surface area contributed by atoms with Crippen LogP contribution in [0, 0.1) is 23.2 Å². The highest BCUT2D eigenvalue weighted by Crippen LogP contribution is 2.45. The smallest absolute Gasteiger partial charge is 0.0269 e. The lowest BCUT2D eigenvalue weighted by molar-refractivity contribution is 0.0895. The van der Waals surface area contributed by atoms with Crippen LogP contribution in [0.3, 0.4) is 0 Å². The lowest BCUT2D eigenvalue weighted by Gasteiger charge is -2.42. The number of hydrogen-bond donors (Lipinski definition) is 0. The Balaban J connectivity index is 4.69. The first kappa shape index (κ1) is 20.0. The second-order valence-corrected chi connectivity index (χ2v) is 8.02. The molecule has 0 aliphatic rings. The minimum Gasteiger partial charge on any atom is -0.0654 e. The van der Waals surface area contributed by atoms with Gasteiger partial charge in [0.05, 0.1) is 0 Å². The molecule has 0 aliphatic heterocycles. The summed E-state index contributed by atoms with van der Waals surface area (Å²) in [6.45, 7) is 16.9. The quantitative estimate of drug-likeness (QED) is 0.326. The second-order valence-electron chi connectivity index (χ2n) is 8.02. The van der Waals surface area contributed by atoms with Gasteiger partial charge in [-0.3, -0.25) is 0 Å². The van der Waals surface area contributed by atoms with Gasteiger partial charge in [0.15, 0.2) is 0 Å². The fourth-order valence-electron chi connectivity index (χ4n) is 3.93. The Hall–Kier alpha value is 0. The van der Waals surface area contributed by atoms with Crippen molar-refractivity contribution in [2.24, 2.45) is 23.2 Å². The zero-order chi connectivity index (χ0) is 15.6. The highest BCUT2D eigenvalue weighted by Gasteiger charge is 2.34. The molecular formula is C20H42. The first-order chi connectivity index (χ1) is 9.38. The molecule has 0 rings (SSSR count). The summed E-state index contributed by atoms with van der Waals surface area (Å²) in [6.07, 6.45) is 12.7. The molecule has 0 aliphatic carbocycles. The van der Waals surface area contributed by atoms with Crippen LogP contribution in [-0.4, -0.2) is 0 Å². The van der Waals surface area contributed by atoms with Crippen molar-refractivity contribution in [3.63, 3.8) is 0 Å². The minimum atomic E-state index is 0.593. The van der Waals surface area contributed by atoms with Crippen molar-refractivity contribution < 1.29 is 0 Å². The van der Waals surface area contributed by atoms with Crippen LogP contribution in [0.5, 0.6) is 0 Å². The third-order valence-electron chi connectivity index (χ3n) is 5.12. The molecule has 0 radical (unpaired) electrons. The van der Waals surface area contributed by atoms with Crippen LogP contribution in [0.1, 0.15) is 106 Å². The maximum Gasteiger partial charge on any atom is -0.0269 e. The maximum absolute atomic E-state index is 2.50. The van der Waals surface area contributed by atoms with Crippen molar-refractivity contribution in [1.29, 1.82) is 0 Å². The third-order valence-corrected chi connectivity index (χ3v) is 5.12. The average molecular weight is 283 g/mol. The molecule has 0 N–H and O–H groups in total. The van der Waals surface area contributed by atoms with Crippen LogP contribution in [0.2, 0.25) is 0 Å². The van der Waals surface area contributed by atoms with Gasteiger partial charge in [0.1, 0.15) is 0 Å². The Kier molecular flexibility index (Phi) is 10.7. The van der Waals surface area contributed by atoms with Crippen molar-refractivity contribution in [1.82, 2.24) is 0 Å². The Labute approximate surface area is 130 Å². The van der Waals surface area contributed by atoms with Gasteiger partial charge in [-0.2, -0.15) is 0 Å². The lowest BCUT2D eigenvalue weighted by atomic mass is 9.64. The van der Waals surface area contributed by atoms with Crippen LogP contribution in [0.15, 0.2) is 0 Å². The number of hydrogen-bond acceptors (Lipinski definition) is 0. The van der Waals surface area contributed by atoms with E-state index < -0.39 is 0 Å². The Bertz CT molecular complexity index is 216. The average Bonchev–Trinajstić information content (AvgIpc) is 2.35. The van der Waals surface area contributed by atoms with Gasteiger partial charge in [0.25, 0.3) is 0 Å². The third kappa shape index (κ3) is 7.70. The van der Waals surface area contributed by atoms with E-state index in [1.807, 2.05) is 0 Å². The number of unbranched alkanes of at least 4 members (excludes halogenated alkanes) is 3. The first-order valence-electron chi connectivity index (χ1n) is 9.38. The standard InChI is InChI=1S/C20H42/c1-8-10-12-13-19(7)16-20(18(5)6,14-11-9-2)15-17(3)4/h17-19H,8-16H2,1-7H3. The molecule has 0 spiro atoms. The van der Waals surface area contributed by atoms with E-state index in [2.05, 4.69) is 48.5 Å². The molecule has 0 aromatic rings. The Morgan fingerprint density at radius 2 is 1.35 bits per heavy atom. The molecule has 0 heterocycles. The van der Waals surface area contributed by atoms with E-state index in [0.29, 0.717) is 5.41 Å². The topological polar surface area (TPSA) is 0 Å². The van der Waals surface area contributed by atoms with E-state index in [-0.39, 0.29) is 0 Å². The fraction of sp³-hybridized carbons (Fsp3) is 1.00. The molecule has 0 aromatic carbocycles. The van der Waals surface area contributed by atoms with Gasteiger partial charge in [-0.15, -0.1) is 0 Å². The molecule has 0 fully saturated rings.